The number of nitrogens with one attached hydrogen (secondary N) is 1. The number of nitrogens with zero attached hydrogens (tertiary/aromatic N) is 4. The van der Waals surface area contributed by atoms with Crippen molar-refractivity contribution < 1.29 is 13.2 Å². The minimum atomic E-state index is -3.69. The highest BCUT2D eigenvalue weighted by Crippen LogP contribution is 2.26. The van der Waals surface area contributed by atoms with Gasteiger partial charge in [-0.05, 0) is 37.8 Å². The molecule has 29 heavy (non-hydrogen) atoms. The van der Waals surface area contributed by atoms with Crippen LogP contribution in [0.15, 0.2) is 53.8 Å². The monoisotopic (exact) mass is 409 g/mol. The Morgan fingerprint density at radius 3 is 2.55 bits per heavy atom. The molecule has 9 heteroatoms. The molecule has 4 rings (SSSR count). The maximum Gasteiger partial charge on any atom is 0.251 e. The predicted octanol–water partition coefficient (Wildman–Crippen LogP) is 2.56. The Bertz CT molecular complexity index is 1160. The van der Waals surface area contributed by atoms with Crippen LogP contribution >= 0.6 is 0 Å². The minimum Gasteiger partial charge on any atom is -0.472 e. The Balaban J connectivity index is 1.42. The number of pyridine rings is 1. The molecule has 0 unspecified atom stereocenters. The number of para-hydroxylation sites is 1. The van der Waals surface area contributed by atoms with E-state index in [9.17, 15) is 8.42 Å². The van der Waals surface area contributed by atoms with E-state index in [4.69, 9.17) is 10.00 Å². The zero-order valence-electron chi connectivity index (χ0n) is 15.5. The second kappa shape index (κ2) is 8.11. The zero-order valence-corrected chi connectivity index (χ0v) is 16.3. The first-order chi connectivity index (χ1) is 14.1. The van der Waals surface area contributed by atoms with Crippen LogP contribution in [-0.2, 0) is 10.0 Å². The number of rotatable bonds is 5. The summed E-state index contributed by atoms with van der Waals surface area (Å²) in [5.41, 5.74) is 0.616. The van der Waals surface area contributed by atoms with Crippen molar-refractivity contribution in [2.45, 2.75) is 42.7 Å². The third-order valence-corrected chi connectivity index (χ3v) is 6.48. The van der Waals surface area contributed by atoms with Crippen molar-refractivity contribution in [2.24, 2.45) is 0 Å². The lowest BCUT2D eigenvalue weighted by Crippen LogP contribution is -2.39. The fourth-order valence-electron chi connectivity index (χ4n) is 3.52. The van der Waals surface area contributed by atoms with E-state index in [2.05, 4.69) is 19.7 Å². The van der Waals surface area contributed by atoms with Gasteiger partial charge in [-0.3, -0.25) is 4.98 Å². The van der Waals surface area contributed by atoms with Gasteiger partial charge in [-0.1, -0.05) is 18.2 Å². The molecule has 1 aromatic carbocycles. The fourth-order valence-corrected chi connectivity index (χ4v) is 5.00. The molecule has 3 aromatic rings. The molecule has 0 spiro atoms. The predicted molar refractivity (Wildman–Crippen MR) is 105 cm³/mol. The van der Waals surface area contributed by atoms with Crippen LogP contribution in [0.2, 0.25) is 0 Å². The van der Waals surface area contributed by atoms with Crippen molar-refractivity contribution in [1.82, 2.24) is 19.7 Å². The highest BCUT2D eigenvalue weighted by Gasteiger charge is 2.28. The van der Waals surface area contributed by atoms with Crippen molar-refractivity contribution in [3.8, 4) is 11.9 Å². The summed E-state index contributed by atoms with van der Waals surface area (Å²) in [5, 5.41) is 9.87. The summed E-state index contributed by atoms with van der Waals surface area (Å²) in [6.45, 7) is 0. The van der Waals surface area contributed by atoms with Gasteiger partial charge < -0.3 is 4.74 Å². The molecular weight excluding hydrogens is 390 g/mol. The fraction of sp³-hybridized carbons (Fsp3) is 0.300. The lowest BCUT2D eigenvalue weighted by molar-refractivity contribution is 0.137. The Hall–Kier alpha value is -3.09. The lowest BCUT2D eigenvalue weighted by atomic mass is 9.94. The van der Waals surface area contributed by atoms with Gasteiger partial charge in [-0.25, -0.2) is 23.1 Å². The average Bonchev–Trinajstić information content (AvgIpc) is 2.75. The second-order valence-electron chi connectivity index (χ2n) is 6.87. The van der Waals surface area contributed by atoms with Crippen molar-refractivity contribution in [3.63, 3.8) is 0 Å². The largest absolute Gasteiger partial charge is 0.472 e. The molecular formula is C20H19N5O3S. The van der Waals surface area contributed by atoms with Gasteiger partial charge in [0.25, 0.3) is 5.88 Å². The average molecular weight is 409 g/mol. The minimum absolute atomic E-state index is 0.126. The molecule has 1 aliphatic carbocycles. The Labute approximate surface area is 168 Å². The van der Waals surface area contributed by atoms with Gasteiger partial charge in [0.15, 0.2) is 0 Å². The van der Waals surface area contributed by atoms with Gasteiger partial charge in [-0.2, -0.15) is 5.26 Å². The molecule has 2 aromatic heterocycles. The first-order valence-corrected chi connectivity index (χ1v) is 10.8. The quantitative estimate of drug-likeness (QED) is 0.688. The van der Waals surface area contributed by atoms with Gasteiger partial charge >= 0.3 is 0 Å². The molecule has 0 bridgehead atoms. The van der Waals surface area contributed by atoms with E-state index in [0.717, 1.165) is 5.39 Å². The summed E-state index contributed by atoms with van der Waals surface area (Å²) in [6.07, 6.45) is 6.96. The third kappa shape index (κ3) is 4.18. The zero-order chi connectivity index (χ0) is 20.3. The number of sulfonamides is 1. The summed E-state index contributed by atoms with van der Waals surface area (Å²) < 4.78 is 34.5. The van der Waals surface area contributed by atoms with E-state index < -0.39 is 10.0 Å². The smallest absolute Gasteiger partial charge is 0.251 e. The normalized spacial score (nSPS) is 19.6. The van der Waals surface area contributed by atoms with Crippen LogP contribution in [0.1, 0.15) is 31.4 Å². The maximum atomic E-state index is 12.9. The number of hydrogen-bond donors (Lipinski definition) is 1. The Kier molecular flexibility index (Phi) is 5.38. The van der Waals surface area contributed by atoms with Crippen molar-refractivity contribution in [3.05, 3.63) is 54.6 Å². The molecule has 2 heterocycles. The molecule has 148 valence electrons. The molecule has 0 amide bonds. The lowest BCUT2D eigenvalue weighted by Gasteiger charge is -2.29. The van der Waals surface area contributed by atoms with E-state index in [1.165, 1.54) is 12.4 Å². The van der Waals surface area contributed by atoms with Crippen molar-refractivity contribution >= 4 is 20.9 Å². The van der Waals surface area contributed by atoms with Crippen LogP contribution in [-0.4, -0.2) is 35.5 Å². The first kappa shape index (κ1) is 19.2. The van der Waals surface area contributed by atoms with E-state index in [-0.39, 0.29) is 28.6 Å². The number of aromatic nitrogens is 3. The first-order valence-electron chi connectivity index (χ1n) is 9.30. The van der Waals surface area contributed by atoms with E-state index >= 15 is 0 Å². The van der Waals surface area contributed by atoms with Crippen LogP contribution in [0, 0.1) is 11.3 Å². The Morgan fingerprint density at radius 2 is 1.76 bits per heavy atom. The maximum absolute atomic E-state index is 12.9. The van der Waals surface area contributed by atoms with E-state index in [1.54, 1.807) is 24.4 Å². The summed E-state index contributed by atoms with van der Waals surface area (Å²) >= 11 is 0. The molecule has 1 saturated carbocycles. The Morgan fingerprint density at radius 1 is 1.00 bits per heavy atom. The third-order valence-electron chi connectivity index (χ3n) is 4.93. The van der Waals surface area contributed by atoms with Crippen LogP contribution in [0.4, 0.5) is 0 Å². The van der Waals surface area contributed by atoms with Crippen LogP contribution in [0.5, 0.6) is 5.88 Å². The molecule has 1 aliphatic rings. The molecule has 0 radical (unpaired) electrons. The standard InChI is InChI=1S/C20H19N5O3S/c21-13-17-20(24-12-11-22-17)28-16-8-6-15(7-9-16)25-29(26,27)18-5-1-3-14-4-2-10-23-19(14)18/h1-5,10-12,15-16,25H,6-9H2. The molecule has 1 N–H and O–H groups in total. The van der Waals surface area contributed by atoms with Crippen LogP contribution in [0.3, 0.4) is 0 Å². The van der Waals surface area contributed by atoms with Crippen molar-refractivity contribution in [1.29, 1.82) is 5.26 Å². The molecule has 1 fully saturated rings. The summed E-state index contributed by atoms with van der Waals surface area (Å²) in [4.78, 5) is 12.4. The van der Waals surface area contributed by atoms with Gasteiger partial charge in [0, 0.05) is 30.0 Å². The topological polar surface area (TPSA) is 118 Å². The SMILES string of the molecule is N#Cc1nccnc1OC1CCC(NS(=O)(=O)c2cccc3cccnc23)CC1. The number of ether oxygens (including phenoxy) is 1. The summed E-state index contributed by atoms with van der Waals surface area (Å²) in [7, 11) is -3.69. The van der Waals surface area contributed by atoms with Crippen molar-refractivity contribution in [2.75, 3.05) is 0 Å². The number of benzene rings is 1. The second-order valence-corrected chi connectivity index (χ2v) is 8.55. The van der Waals surface area contributed by atoms with E-state index in [0.29, 0.717) is 31.2 Å². The van der Waals surface area contributed by atoms with Gasteiger partial charge in [0.05, 0.1) is 5.52 Å². The number of hydrogen-bond acceptors (Lipinski definition) is 7. The van der Waals surface area contributed by atoms with Crippen LogP contribution < -0.4 is 9.46 Å². The van der Waals surface area contributed by atoms with Gasteiger partial charge in [0.1, 0.15) is 17.1 Å². The number of fused-ring (bicyclic) bond motifs is 1. The summed E-state index contributed by atoms with van der Waals surface area (Å²) in [6, 6.07) is 10.5. The molecule has 0 saturated heterocycles. The molecule has 0 aliphatic heterocycles. The van der Waals surface area contributed by atoms with Crippen LogP contribution in [0.25, 0.3) is 10.9 Å². The highest BCUT2D eigenvalue weighted by atomic mass is 32.2. The number of nitriles is 1. The molecule has 0 atom stereocenters. The van der Waals surface area contributed by atoms with Gasteiger partial charge in [0.2, 0.25) is 15.7 Å². The molecule has 8 nitrogen and oxygen atoms in total. The highest BCUT2D eigenvalue weighted by molar-refractivity contribution is 7.89. The van der Waals surface area contributed by atoms with Gasteiger partial charge in [-0.15, -0.1) is 0 Å². The van der Waals surface area contributed by atoms with E-state index in [1.807, 2.05) is 18.2 Å². The summed E-state index contributed by atoms with van der Waals surface area (Å²) in [5.74, 6) is 0.223.